The van der Waals surface area contributed by atoms with E-state index in [0.717, 1.165) is 23.4 Å². The van der Waals surface area contributed by atoms with Crippen LogP contribution in [0.5, 0.6) is 5.75 Å². The van der Waals surface area contributed by atoms with Crippen molar-refractivity contribution in [3.63, 3.8) is 0 Å². The lowest BCUT2D eigenvalue weighted by molar-refractivity contribution is 0.157. The van der Waals surface area contributed by atoms with E-state index in [4.69, 9.17) is 9.47 Å². The van der Waals surface area contributed by atoms with Crippen molar-refractivity contribution >= 4 is 0 Å². The quantitative estimate of drug-likeness (QED) is 0.692. The zero-order chi connectivity index (χ0) is 13.4. The Morgan fingerprint density at radius 2 is 2.17 bits per heavy atom. The normalized spacial score (nSPS) is 12.4. The minimum Gasteiger partial charge on any atom is -0.493 e. The van der Waals surface area contributed by atoms with Gasteiger partial charge >= 0.3 is 0 Å². The predicted molar refractivity (Wildman–Crippen MR) is 72.1 cm³/mol. The Bertz CT molecular complexity index is 355. The second kappa shape index (κ2) is 8.08. The highest BCUT2D eigenvalue weighted by molar-refractivity contribution is 5.38. The van der Waals surface area contributed by atoms with E-state index in [0.29, 0.717) is 19.8 Å². The summed E-state index contributed by atoms with van der Waals surface area (Å²) < 4.78 is 10.5. The number of benzene rings is 1. The lowest BCUT2D eigenvalue weighted by atomic mass is 10.1. The molecule has 1 unspecified atom stereocenters. The van der Waals surface area contributed by atoms with Gasteiger partial charge in [0.1, 0.15) is 5.75 Å². The van der Waals surface area contributed by atoms with Gasteiger partial charge in [0.2, 0.25) is 0 Å². The Morgan fingerprint density at radius 1 is 1.39 bits per heavy atom. The molecule has 0 bridgehead atoms. The molecule has 1 aromatic rings. The van der Waals surface area contributed by atoms with Crippen molar-refractivity contribution in [3.05, 3.63) is 29.3 Å². The molecular weight excluding hydrogens is 230 g/mol. The van der Waals surface area contributed by atoms with Gasteiger partial charge in [0.05, 0.1) is 19.3 Å². The van der Waals surface area contributed by atoms with Crippen LogP contribution < -0.4 is 10.1 Å². The summed E-state index contributed by atoms with van der Waals surface area (Å²) in [4.78, 5) is 0. The fourth-order valence-corrected chi connectivity index (χ4v) is 1.74. The Labute approximate surface area is 109 Å². The topological polar surface area (TPSA) is 50.7 Å². The predicted octanol–water partition coefficient (Wildman–Crippen LogP) is 1.66. The van der Waals surface area contributed by atoms with E-state index >= 15 is 0 Å². The third-order valence-electron chi connectivity index (χ3n) is 2.64. The van der Waals surface area contributed by atoms with E-state index in [1.165, 1.54) is 0 Å². The molecule has 0 spiro atoms. The molecule has 0 radical (unpaired) electrons. The van der Waals surface area contributed by atoms with Crippen molar-refractivity contribution in [1.82, 2.24) is 5.32 Å². The summed E-state index contributed by atoms with van der Waals surface area (Å²) in [6.07, 6.45) is -0.566. The molecule has 2 N–H and O–H groups in total. The van der Waals surface area contributed by atoms with Gasteiger partial charge < -0.3 is 19.9 Å². The smallest absolute Gasteiger partial charge is 0.125 e. The van der Waals surface area contributed by atoms with Crippen molar-refractivity contribution in [1.29, 1.82) is 0 Å². The summed E-state index contributed by atoms with van der Waals surface area (Å²) in [5.41, 5.74) is 1.95. The van der Waals surface area contributed by atoms with Gasteiger partial charge in [-0.25, -0.2) is 0 Å². The maximum absolute atomic E-state index is 10.2. The zero-order valence-corrected chi connectivity index (χ0v) is 11.4. The molecule has 4 nitrogen and oxygen atoms in total. The molecule has 0 aromatic heterocycles. The maximum atomic E-state index is 10.2. The van der Waals surface area contributed by atoms with Crippen LogP contribution in [0.25, 0.3) is 0 Å². The molecule has 0 aliphatic rings. The number of aliphatic hydroxyl groups excluding tert-OH is 1. The third kappa shape index (κ3) is 4.64. The highest BCUT2D eigenvalue weighted by atomic mass is 16.5. The molecule has 0 aliphatic carbocycles. The highest BCUT2D eigenvalue weighted by Gasteiger charge is 2.13. The Morgan fingerprint density at radius 3 is 2.83 bits per heavy atom. The van der Waals surface area contributed by atoms with E-state index in [1.807, 2.05) is 32.0 Å². The average molecular weight is 253 g/mol. The monoisotopic (exact) mass is 253 g/mol. The molecule has 18 heavy (non-hydrogen) atoms. The Balaban J connectivity index is 2.64. The van der Waals surface area contributed by atoms with Gasteiger partial charge in [-0.1, -0.05) is 11.6 Å². The lowest BCUT2D eigenvalue weighted by Gasteiger charge is -2.17. The minimum atomic E-state index is -0.566. The lowest BCUT2D eigenvalue weighted by Crippen LogP contribution is -2.25. The molecule has 4 heteroatoms. The highest BCUT2D eigenvalue weighted by Crippen LogP contribution is 2.26. The van der Waals surface area contributed by atoms with Crippen molar-refractivity contribution in [2.75, 3.05) is 33.4 Å². The molecule has 1 atom stereocenters. The minimum absolute atomic E-state index is 0.493. The molecule has 0 aliphatic heterocycles. The Kier molecular flexibility index (Phi) is 6.72. The van der Waals surface area contributed by atoms with Gasteiger partial charge in [-0.05, 0) is 26.0 Å². The molecule has 0 saturated heterocycles. The molecule has 0 heterocycles. The zero-order valence-electron chi connectivity index (χ0n) is 11.4. The van der Waals surface area contributed by atoms with Gasteiger partial charge in [0, 0.05) is 25.8 Å². The molecule has 0 saturated carbocycles. The van der Waals surface area contributed by atoms with Gasteiger partial charge in [-0.2, -0.15) is 0 Å². The van der Waals surface area contributed by atoms with Gasteiger partial charge in [0.25, 0.3) is 0 Å². The molecular formula is C14H23NO3. The largest absolute Gasteiger partial charge is 0.493 e. The Hall–Kier alpha value is -1.10. The maximum Gasteiger partial charge on any atom is 0.125 e. The summed E-state index contributed by atoms with van der Waals surface area (Å²) in [5, 5.41) is 13.3. The second-order valence-electron chi connectivity index (χ2n) is 4.19. The number of methoxy groups -OCH3 is 1. The summed E-state index contributed by atoms with van der Waals surface area (Å²) >= 11 is 0. The van der Waals surface area contributed by atoms with Gasteiger partial charge in [-0.3, -0.25) is 0 Å². The third-order valence-corrected chi connectivity index (χ3v) is 2.64. The second-order valence-corrected chi connectivity index (χ2v) is 4.19. The van der Waals surface area contributed by atoms with E-state index < -0.39 is 6.10 Å². The van der Waals surface area contributed by atoms with Crippen LogP contribution in [0.15, 0.2) is 18.2 Å². The number of ether oxygens (including phenoxy) is 2. The standard InChI is InChI=1S/C14H23NO3/c1-4-18-14-6-5-11(2)9-12(14)13(16)10-15-7-8-17-3/h5-6,9,13,15-16H,4,7-8,10H2,1-3H3. The van der Waals surface area contributed by atoms with Crippen LogP contribution in [0.2, 0.25) is 0 Å². The van der Waals surface area contributed by atoms with Crippen molar-refractivity contribution in [2.45, 2.75) is 20.0 Å². The van der Waals surface area contributed by atoms with Crippen LogP contribution >= 0.6 is 0 Å². The van der Waals surface area contributed by atoms with Crippen LogP contribution in [-0.4, -0.2) is 38.5 Å². The number of aliphatic hydroxyl groups is 1. The SMILES string of the molecule is CCOc1ccc(C)cc1C(O)CNCCOC. The molecule has 0 amide bonds. The van der Waals surface area contributed by atoms with Crippen molar-refractivity contribution < 1.29 is 14.6 Å². The first-order chi connectivity index (χ1) is 8.69. The van der Waals surface area contributed by atoms with Crippen LogP contribution in [0, 0.1) is 6.92 Å². The number of nitrogens with one attached hydrogen (secondary N) is 1. The van der Waals surface area contributed by atoms with E-state index in [1.54, 1.807) is 7.11 Å². The first-order valence-electron chi connectivity index (χ1n) is 6.30. The fourth-order valence-electron chi connectivity index (χ4n) is 1.74. The van der Waals surface area contributed by atoms with Crippen LogP contribution in [0.1, 0.15) is 24.2 Å². The van der Waals surface area contributed by atoms with E-state index in [2.05, 4.69) is 5.32 Å². The number of hydrogen-bond donors (Lipinski definition) is 2. The van der Waals surface area contributed by atoms with Crippen molar-refractivity contribution in [2.24, 2.45) is 0 Å². The molecule has 0 fully saturated rings. The van der Waals surface area contributed by atoms with E-state index in [-0.39, 0.29) is 0 Å². The molecule has 1 rings (SSSR count). The van der Waals surface area contributed by atoms with E-state index in [9.17, 15) is 5.11 Å². The average Bonchev–Trinajstić information content (AvgIpc) is 2.37. The number of rotatable bonds is 8. The van der Waals surface area contributed by atoms with Crippen LogP contribution in [0.4, 0.5) is 0 Å². The summed E-state index contributed by atoms with van der Waals surface area (Å²) in [6.45, 7) is 6.39. The number of hydrogen-bond acceptors (Lipinski definition) is 4. The first kappa shape index (κ1) is 15.0. The fraction of sp³-hybridized carbons (Fsp3) is 0.571. The summed E-state index contributed by atoms with van der Waals surface area (Å²) in [7, 11) is 1.66. The number of aryl methyl sites for hydroxylation is 1. The summed E-state index contributed by atoms with van der Waals surface area (Å²) in [6, 6.07) is 5.86. The summed E-state index contributed by atoms with van der Waals surface area (Å²) in [5.74, 6) is 0.754. The van der Waals surface area contributed by atoms with Crippen LogP contribution in [-0.2, 0) is 4.74 Å². The van der Waals surface area contributed by atoms with Crippen molar-refractivity contribution in [3.8, 4) is 5.75 Å². The van der Waals surface area contributed by atoms with Gasteiger partial charge in [-0.15, -0.1) is 0 Å². The molecule has 102 valence electrons. The molecule has 1 aromatic carbocycles. The van der Waals surface area contributed by atoms with Gasteiger partial charge in [0.15, 0.2) is 0 Å². The van der Waals surface area contributed by atoms with Crippen LogP contribution in [0.3, 0.4) is 0 Å². The first-order valence-corrected chi connectivity index (χ1v) is 6.30.